The molecule has 2 N–H and O–H groups in total. The van der Waals surface area contributed by atoms with Gasteiger partial charge in [-0.15, -0.1) is 6.58 Å². The lowest BCUT2D eigenvalue weighted by Gasteiger charge is -2.14. The maximum absolute atomic E-state index is 9.79. The van der Waals surface area contributed by atoms with E-state index in [2.05, 4.69) is 11.9 Å². The number of rotatable bonds is 10. The molecule has 0 amide bonds. The standard InChI is InChI=1S/C15H23NO2S/c1-3-9-19-10-8-16-11-14(17)12-18-15-7-5-4-6-13(15)2/h3-7,14,16-17H,1,8-12H2,2H3. The number of aliphatic hydroxyl groups is 1. The van der Waals surface area contributed by atoms with Gasteiger partial charge in [0.05, 0.1) is 0 Å². The van der Waals surface area contributed by atoms with Crippen LogP contribution in [0.15, 0.2) is 36.9 Å². The number of ether oxygens (including phenoxy) is 1. The topological polar surface area (TPSA) is 41.5 Å². The van der Waals surface area contributed by atoms with Crippen molar-refractivity contribution in [2.75, 3.05) is 31.2 Å². The quantitative estimate of drug-likeness (QED) is 0.510. The van der Waals surface area contributed by atoms with Crippen LogP contribution in [0.1, 0.15) is 5.56 Å². The van der Waals surface area contributed by atoms with Crippen molar-refractivity contribution in [3.05, 3.63) is 42.5 Å². The highest BCUT2D eigenvalue weighted by Gasteiger charge is 2.05. The number of nitrogens with one attached hydrogen (secondary N) is 1. The molecule has 0 radical (unpaired) electrons. The van der Waals surface area contributed by atoms with Gasteiger partial charge in [-0.25, -0.2) is 0 Å². The Hall–Kier alpha value is -0.970. The van der Waals surface area contributed by atoms with Gasteiger partial charge in [0.2, 0.25) is 0 Å². The number of hydrogen-bond donors (Lipinski definition) is 2. The summed E-state index contributed by atoms with van der Waals surface area (Å²) >= 11 is 1.82. The second-order valence-electron chi connectivity index (χ2n) is 4.30. The van der Waals surface area contributed by atoms with E-state index in [0.29, 0.717) is 13.2 Å². The summed E-state index contributed by atoms with van der Waals surface area (Å²) in [6, 6.07) is 7.82. The minimum Gasteiger partial charge on any atom is -0.491 e. The summed E-state index contributed by atoms with van der Waals surface area (Å²) in [7, 11) is 0. The van der Waals surface area contributed by atoms with Crippen molar-refractivity contribution in [1.29, 1.82) is 0 Å². The minimum atomic E-state index is -0.482. The third-order valence-electron chi connectivity index (χ3n) is 2.56. The SMILES string of the molecule is C=CCSCCNCC(O)COc1ccccc1C. The molecule has 0 saturated carbocycles. The Morgan fingerprint density at radius 2 is 2.26 bits per heavy atom. The molecule has 1 aromatic carbocycles. The van der Waals surface area contributed by atoms with Gasteiger partial charge >= 0.3 is 0 Å². The van der Waals surface area contributed by atoms with Crippen molar-refractivity contribution in [3.8, 4) is 5.75 Å². The summed E-state index contributed by atoms with van der Waals surface area (Å²) < 4.78 is 5.59. The molecule has 0 bridgehead atoms. The molecule has 0 aromatic heterocycles. The molecule has 0 aliphatic rings. The van der Waals surface area contributed by atoms with Crippen molar-refractivity contribution in [2.45, 2.75) is 13.0 Å². The monoisotopic (exact) mass is 281 g/mol. The maximum Gasteiger partial charge on any atom is 0.122 e. The average molecular weight is 281 g/mol. The van der Waals surface area contributed by atoms with Crippen molar-refractivity contribution in [1.82, 2.24) is 5.32 Å². The molecule has 0 aliphatic heterocycles. The first-order chi connectivity index (χ1) is 9.24. The van der Waals surface area contributed by atoms with E-state index < -0.39 is 6.10 Å². The zero-order valence-electron chi connectivity index (χ0n) is 11.5. The number of thioether (sulfide) groups is 1. The molecule has 0 fully saturated rings. The van der Waals surface area contributed by atoms with Crippen LogP contribution in [0, 0.1) is 6.92 Å². The summed E-state index contributed by atoms with van der Waals surface area (Å²) in [5.74, 6) is 2.83. The van der Waals surface area contributed by atoms with Crippen LogP contribution in [0.4, 0.5) is 0 Å². The predicted molar refractivity (Wildman–Crippen MR) is 83.1 cm³/mol. The highest BCUT2D eigenvalue weighted by atomic mass is 32.2. The van der Waals surface area contributed by atoms with Gasteiger partial charge in [-0.2, -0.15) is 11.8 Å². The van der Waals surface area contributed by atoms with E-state index in [-0.39, 0.29) is 0 Å². The molecule has 1 aromatic rings. The van der Waals surface area contributed by atoms with Crippen molar-refractivity contribution in [2.24, 2.45) is 0 Å². The van der Waals surface area contributed by atoms with E-state index in [0.717, 1.165) is 29.4 Å². The fourth-order valence-corrected chi connectivity index (χ4v) is 2.16. The van der Waals surface area contributed by atoms with Gasteiger partial charge in [-0.05, 0) is 18.6 Å². The number of para-hydroxylation sites is 1. The largest absolute Gasteiger partial charge is 0.491 e. The molecule has 3 nitrogen and oxygen atoms in total. The Bertz CT molecular complexity index is 371. The Morgan fingerprint density at radius 3 is 3.00 bits per heavy atom. The summed E-state index contributed by atoms with van der Waals surface area (Å²) in [5.41, 5.74) is 1.09. The van der Waals surface area contributed by atoms with Crippen LogP contribution in [0.5, 0.6) is 5.75 Å². The van der Waals surface area contributed by atoms with Crippen molar-refractivity contribution < 1.29 is 9.84 Å². The molecule has 1 unspecified atom stereocenters. The summed E-state index contributed by atoms with van der Waals surface area (Å²) in [6.45, 7) is 7.43. The first-order valence-electron chi connectivity index (χ1n) is 6.50. The van der Waals surface area contributed by atoms with E-state index in [1.165, 1.54) is 0 Å². The van der Waals surface area contributed by atoms with E-state index in [4.69, 9.17) is 4.74 Å². The lowest BCUT2D eigenvalue weighted by molar-refractivity contribution is 0.106. The number of aryl methyl sites for hydroxylation is 1. The number of hydrogen-bond acceptors (Lipinski definition) is 4. The Balaban J connectivity index is 2.09. The van der Waals surface area contributed by atoms with Crippen LogP contribution in [0.3, 0.4) is 0 Å². The summed E-state index contributed by atoms with van der Waals surface area (Å²) in [5, 5.41) is 13.0. The summed E-state index contributed by atoms with van der Waals surface area (Å²) in [6.07, 6.45) is 1.42. The van der Waals surface area contributed by atoms with Crippen LogP contribution in [-0.2, 0) is 0 Å². The molecular weight excluding hydrogens is 258 g/mol. The van der Waals surface area contributed by atoms with Crippen LogP contribution in [-0.4, -0.2) is 42.4 Å². The smallest absolute Gasteiger partial charge is 0.122 e. The van der Waals surface area contributed by atoms with Crippen LogP contribution < -0.4 is 10.1 Å². The van der Waals surface area contributed by atoms with Gasteiger partial charge in [0.15, 0.2) is 0 Å². The first kappa shape index (κ1) is 16.1. The summed E-state index contributed by atoms with van der Waals surface area (Å²) in [4.78, 5) is 0. The molecule has 106 valence electrons. The predicted octanol–water partition coefficient (Wildman–Crippen LogP) is 2.24. The van der Waals surface area contributed by atoms with Crippen LogP contribution in [0.25, 0.3) is 0 Å². The lowest BCUT2D eigenvalue weighted by Crippen LogP contribution is -2.32. The fourth-order valence-electron chi connectivity index (χ4n) is 1.54. The van der Waals surface area contributed by atoms with Crippen LogP contribution in [0.2, 0.25) is 0 Å². The molecule has 0 saturated heterocycles. The third kappa shape index (κ3) is 7.25. The normalized spacial score (nSPS) is 12.1. The van der Waals surface area contributed by atoms with E-state index in [1.54, 1.807) is 0 Å². The van der Waals surface area contributed by atoms with E-state index in [1.807, 2.05) is 49.0 Å². The highest BCUT2D eigenvalue weighted by molar-refractivity contribution is 7.99. The minimum absolute atomic E-state index is 0.317. The fraction of sp³-hybridized carbons (Fsp3) is 0.467. The second-order valence-corrected chi connectivity index (χ2v) is 5.45. The second kappa shape index (κ2) is 9.89. The maximum atomic E-state index is 9.79. The van der Waals surface area contributed by atoms with Gasteiger partial charge in [0.1, 0.15) is 18.5 Å². The number of aliphatic hydroxyl groups excluding tert-OH is 1. The van der Waals surface area contributed by atoms with Gasteiger partial charge in [-0.1, -0.05) is 24.3 Å². The molecule has 19 heavy (non-hydrogen) atoms. The van der Waals surface area contributed by atoms with Gasteiger partial charge in [-0.3, -0.25) is 0 Å². The Morgan fingerprint density at radius 1 is 1.47 bits per heavy atom. The lowest BCUT2D eigenvalue weighted by atomic mass is 10.2. The molecule has 4 heteroatoms. The average Bonchev–Trinajstić information content (AvgIpc) is 2.42. The molecular formula is C15H23NO2S. The molecule has 0 aliphatic carbocycles. The third-order valence-corrected chi connectivity index (χ3v) is 3.53. The van der Waals surface area contributed by atoms with Crippen molar-refractivity contribution in [3.63, 3.8) is 0 Å². The van der Waals surface area contributed by atoms with Gasteiger partial charge in [0, 0.05) is 24.6 Å². The Kier molecular flexibility index (Phi) is 8.38. The van der Waals surface area contributed by atoms with Gasteiger partial charge < -0.3 is 15.2 Å². The van der Waals surface area contributed by atoms with E-state index >= 15 is 0 Å². The zero-order chi connectivity index (χ0) is 13.9. The number of benzene rings is 1. The molecule has 0 spiro atoms. The van der Waals surface area contributed by atoms with E-state index in [9.17, 15) is 5.11 Å². The molecule has 1 rings (SSSR count). The van der Waals surface area contributed by atoms with Gasteiger partial charge in [0.25, 0.3) is 0 Å². The molecule has 1 atom stereocenters. The first-order valence-corrected chi connectivity index (χ1v) is 7.65. The van der Waals surface area contributed by atoms with Crippen molar-refractivity contribution >= 4 is 11.8 Å². The zero-order valence-corrected chi connectivity index (χ0v) is 12.3. The molecule has 0 heterocycles. The Labute approximate surface area is 120 Å². The highest BCUT2D eigenvalue weighted by Crippen LogP contribution is 2.16. The van der Waals surface area contributed by atoms with Crippen LogP contribution >= 0.6 is 11.8 Å².